The van der Waals surface area contributed by atoms with Crippen molar-refractivity contribution in [2.45, 2.75) is 39.2 Å². The van der Waals surface area contributed by atoms with E-state index in [1.807, 2.05) is 31.2 Å². The number of hydrogen-bond acceptors (Lipinski definition) is 3. The summed E-state index contributed by atoms with van der Waals surface area (Å²) in [4.78, 5) is 38.4. The van der Waals surface area contributed by atoms with E-state index in [-0.39, 0.29) is 34.6 Å². The van der Waals surface area contributed by atoms with Gasteiger partial charge in [-0.2, -0.15) is 0 Å². The van der Waals surface area contributed by atoms with Crippen LogP contribution in [0.25, 0.3) is 0 Å². The van der Waals surface area contributed by atoms with Crippen LogP contribution in [0.15, 0.2) is 36.4 Å². The van der Waals surface area contributed by atoms with Crippen LogP contribution < -0.4 is 15.5 Å². The Morgan fingerprint density at radius 1 is 1.13 bits per heavy atom. The van der Waals surface area contributed by atoms with Crippen molar-refractivity contribution in [3.63, 3.8) is 0 Å². The van der Waals surface area contributed by atoms with E-state index in [1.54, 1.807) is 4.90 Å². The Balaban J connectivity index is 1.70. The van der Waals surface area contributed by atoms with Gasteiger partial charge in [-0.3, -0.25) is 14.4 Å². The minimum Gasteiger partial charge on any atom is -0.348 e. The molecule has 1 saturated heterocycles. The first-order chi connectivity index (χ1) is 14.4. The highest BCUT2D eigenvalue weighted by molar-refractivity contribution is 6.38. The van der Waals surface area contributed by atoms with Gasteiger partial charge < -0.3 is 15.5 Å². The molecule has 2 N–H and O–H groups in total. The zero-order valence-corrected chi connectivity index (χ0v) is 18.1. The predicted octanol–water partition coefficient (Wildman–Crippen LogP) is 4.79. The maximum Gasteiger partial charge on any atom is 0.253 e. The van der Waals surface area contributed by atoms with Crippen molar-refractivity contribution in [2.75, 3.05) is 16.8 Å². The lowest BCUT2D eigenvalue weighted by molar-refractivity contribution is -0.117. The first kappa shape index (κ1) is 22.1. The molecule has 0 spiro atoms. The standard InChI is InChI=1S/C22H23Cl2N3O3/c1-2-4-19(28)26-21-17(11-15(23)12-18(21)24)22(30)25-13-14-6-8-16(9-7-14)27-10-3-5-20(27)29/h6-9,11-12H,2-5,10,13H2,1H3,(H,25,30)(H,26,28). The van der Waals surface area contributed by atoms with Gasteiger partial charge in [0.1, 0.15) is 0 Å². The SMILES string of the molecule is CCCC(=O)Nc1c(Cl)cc(Cl)cc1C(=O)NCc1ccc(N2CCCC2=O)cc1. The van der Waals surface area contributed by atoms with E-state index < -0.39 is 5.91 Å². The quantitative estimate of drug-likeness (QED) is 0.640. The highest BCUT2D eigenvalue weighted by Crippen LogP contribution is 2.30. The molecule has 0 saturated carbocycles. The van der Waals surface area contributed by atoms with Gasteiger partial charge in [0, 0.05) is 36.6 Å². The summed E-state index contributed by atoms with van der Waals surface area (Å²) in [6.07, 6.45) is 2.45. The summed E-state index contributed by atoms with van der Waals surface area (Å²) in [7, 11) is 0. The first-order valence-corrected chi connectivity index (χ1v) is 10.6. The fourth-order valence-corrected chi connectivity index (χ4v) is 3.84. The van der Waals surface area contributed by atoms with Crippen molar-refractivity contribution < 1.29 is 14.4 Å². The zero-order chi connectivity index (χ0) is 21.7. The highest BCUT2D eigenvalue weighted by Gasteiger charge is 2.21. The van der Waals surface area contributed by atoms with Gasteiger partial charge >= 0.3 is 0 Å². The van der Waals surface area contributed by atoms with Crippen LogP contribution in [0.2, 0.25) is 10.0 Å². The summed E-state index contributed by atoms with van der Waals surface area (Å²) >= 11 is 12.3. The molecule has 3 rings (SSSR count). The molecule has 0 radical (unpaired) electrons. The summed E-state index contributed by atoms with van der Waals surface area (Å²) in [6, 6.07) is 10.5. The van der Waals surface area contributed by atoms with Gasteiger partial charge in [0.25, 0.3) is 5.91 Å². The number of halogens is 2. The van der Waals surface area contributed by atoms with Crippen LogP contribution in [0.5, 0.6) is 0 Å². The molecular weight excluding hydrogens is 425 g/mol. The summed E-state index contributed by atoms with van der Waals surface area (Å²) in [5, 5.41) is 6.04. The highest BCUT2D eigenvalue weighted by atomic mass is 35.5. The molecule has 2 aromatic carbocycles. The van der Waals surface area contributed by atoms with Crippen LogP contribution in [-0.2, 0) is 16.1 Å². The average Bonchev–Trinajstić information content (AvgIpc) is 3.14. The van der Waals surface area contributed by atoms with Crippen LogP contribution in [0.4, 0.5) is 11.4 Å². The van der Waals surface area contributed by atoms with Gasteiger partial charge in [0.05, 0.1) is 16.3 Å². The molecule has 0 unspecified atom stereocenters. The molecule has 6 nitrogen and oxygen atoms in total. The Morgan fingerprint density at radius 3 is 2.50 bits per heavy atom. The third kappa shape index (κ3) is 5.32. The van der Waals surface area contributed by atoms with E-state index in [4.69, 9.17) is 23.2 Å². The Labute approximate surface area is 185 Å². The van der Waals surface area contributed by atoms with Crippen molar-refractivity contribution in [3.8, 4) is 0 Å². The number of carbonyl (C=O) groups is 3. The lowest BCUT2D eigenvalue weighted by atomic mass is 10.1. The van der Waals surface area contributed by atoms with Gasteiger partial charge in [0.2, 0.25) is 11.8 Å². The molecule has 3 amide bonds. The molecule has 1 fully saturated rings. The Kier molecular flexibility index (Phi) is 7.34. The zero-order valence-electron chi connectivity index (χ0n) is 16.6. The van der Waals surface area contributed by atoms with Crippen LogP contribution in [-0.4, -0.2) is 24.3 Å². The Morgan fingerprint density at radius 2 is 1.87 bits per heavy atom. The van der Waals surface area contributed by atoms with E-state index in [0.29, 0.717) is 24.3 Å². The monoisotopic (exact) mass is 447 g/mol. The summed E-state index contributed by atoms with van der Waals surface area (Å²) < 4.78 is 0. The number of anilines is 2. The second-order valence-corrected chi connectivity index (χ2v) is 7.95. The van der Waals surface area contributed by atoms with E-state index in [2.05, 4.69) is 10.6 Å². The third-order valence-electron chi connectivity index (χ3n) is 4.82. The summed E-state index contributed by atoms with van der Waals surface area (Å²) in [5.41, 5.74) is 2.19. The molecule has 158 valence electrons. The second kappa shape index (κ2) is 9.96. The van der Waals surface area contributed by atoms with Crippen LogP contribution >= 0.6 is 23.2 Å². The molecule has 0 aromatic heterocycles. The largest absolute Gasteiger partial charge is 0.348 e. The van der Waals surface area contributed by atoms with E-state index in [1.165, 1.54) is 12.1 Å². The maximum atomic E-state index is 12.8. The van der Waals surface area contributed by atoms with Crippen molar-refractivity contribution in [1.29, 1.82) is 0 Å². The van der Waals surface area contributed by atoms with Gasteiger partial charge in [-0.25, -0.2) is 0 Å². The number of rotatable bonds is 7. The Bertz CT molecular complexity index is 961. The number of benzene rings is 2. The second-order valence-electron chi connectivity index (χ2n) is 7.11. The minimum absolute atomic E-state index is 0.131. The minimum atomic E-state index is -0.398. The number of nitrogens with zero attached hydrogens (tertiary/aromatic N) is 1. The van der Waals surface area contributed by atoms with Crippen molar-refractivity contribution in [1.82, 2.24) is 5.32 Å². The van der Waals surface area contributed by atoms with Gasteiger partial charge in [-0.15, -0.1) is 0 Å². The number of carbonyl (C=O) groups excluding carboxylic acids is 3. The predicted molar refractivity (Wildman–Crippen MR) is 119 cm³/mol. The van der Waals surface area contributed by atoms with Crippen molar-refractivity contribution >= 4 is 52.3 Å². The smallest absolute Gasteiger partial charge is 0.253 e. The lowest BCUT2D eigenvalue weighted by Crippen LogP contribution is -2.25. The van der Waals surface area contributed by atoms with Gasteiger partial charge in [-0.05, 0) is 42.7 Å². The van der Waals surface area contributed by atoms with E-state index >= 15 is 0 Å². The molecular formula is C22H23Cl2N3O3. The van der Waals surface area contributed by atoms with Gasteiger partial charge in [0.15, 0.2) is 0 Å². The number of amides is 3. The van der Waals surface area contributed by atoms with Crippen LogP contribution in [0.1, 0.15) is 48.5 Å². The third-order valence-corrected chi connectivity index (χ3v) is 5.33. The van der Waals surface area contributed by atoms with E-state index in [0.717, 1.165) is 24.2 Å². The van der Waals surface area contributed by atoms with Crippen LogP contribution in [0.3, 0.4) is 0 Å². The molecule has 1 heterocycles. The molecule has 0 bridgehead atoms. The van der Waals surface area contributed by atoms with E-state index in [9.17, 15) is 14.4 Å². The molecule has 30 heavy (non-hydrogen) atoms. The average molecular weight is 448 g/mol. The summed E-state index contributed by atoms with van der Waals surface area (Å²) in [6.45, 7) is 2.90. The van der Waals surface area contributed by atoms with Crippen LogP contribution in [0, 0.1) is 0 Å². The fraction of sp³-hybridized carbons (Fsp3) is 0.318. The Hall–Kier alpha value is -2.57. The van der Waals surface area contributed by atoms with Crippen molar-refractivity contribution in [3.05, 3.63) is 57.6 Å². The molecule has 2 aromatic rings. The number of hydrogen-bond donors (Lipinski definition) is 2. The molecule has 0 atom stereocenters. The van der Waals surface area contributed by atoms with Gasteiger partial charge in [-0.1, -0.05) is 42.3 Å². The molecule has 8 heteroatoms. The normalized spacial score (nSPS) is 13.4. The summed E-state index contributed by atoms with van der Waals surface area (Å²) in [5.74, 6) is -0.487. The maximum absolute atomic E-state index is 12.8. The molecule has 1 aliphatic heterocycles. The number of nitrogens with one attached hydrogen (secondary N) is 2. The lowest BCUT2D eigenvalue weighted by Gasteiger charge is -2.16. The first-order valence-electron chi connectivity index (χ1n) is 9.85. The molecule has 0 aliphatic carbocycles. The topological polar surface area (TPSA) is 78.5 Å². The van der Waals surface area contributed by atoms with Crippen molar-refractivity contribution in [2.24, 2.45) is 0 Å². The fourth-order valence-electron chi connectivity index (χ4n) is 3.30. The molecule has 1 aliphatic rings.